The fraction of sp³-hybridized carbons (Fsp3) is 0.500. The lowest BCUT2D eigenvalue weighted by atomic mass is 10.1. The molecule has 1 amide bonds. The molecule has 2 heterocycles. The van der Waals surface area contributed by atoms with E-state index < -0.39 is 24.2 Å². The summed E-state index contributed by atoms with van der Waals surface area (Å²) < 4.78 is 10.5. The molecule has 0 aliphatic carbocycles. The molecule has 1 aromatic heterocycles. The normalized spacial score (nSPS) is 28.4. The number of rotatable bonds is 2. The molecule has 7 heteroatoms. The highest BCUT2D eigenvalue weighted by Gasteiger charge is 2.38. The third-order valence-corrected chi connectivity index (χ3v) is 2.74. The first-order valence-electron chi connectivity index (χ1n) is 5.13. The van der Waals surface area contributed by atoms with Gasteiger partial charge in [0.25, 0.3) is 5.91 Å². The predicted molar refractivity (Wildman–Crippen MR) is 55.8 cm³/mol. The maximum atomic E-state index is 11.4. The van der Waals surface area contributed by atoms with Crippen LogP contribution in [0.25, 0.3) is 0 Å². The van der Waals surface area contributed by atoms with Crippen LogP contribution >= 0.6 is 0 Å². The molecule has 3 atom stereocenters. The molecule has 1 aromatic rings. The molecule has 0 radical (unpaired) electrons. The molecule has 0 aromatic carbocycles. The van der Waals surface area contributed by atoms with Crippen LogP contribution in [0.15, 0.2) is 10.5 Å². The summed E-state index contributed by atoms with van der Waals surface area (Å²) in [4.78, 5) is 11.4. The van der Waals surface area contributed by atoms with E-state index in [9.17, 15) is 15.0 Å². The largest absolute Gasteiger partial charge is 0.463 e. The number of carbonyl (C=O) groups excluding carboxylic acids is 1. The van der Waals surface area contributed by atoms with Gasteiger partial charge < -0.3 is 19.4 Å². The molecule has 94 valence electrons. The van der Waals surface area contributed by atoms with Crippen molar-refractivity contribution < 1.29 is 24.2 Å². The molecule has 2 rings (SSSR count). The summed E-state index contributed by atoms with van der Waals surface area (Å²) in [6.07, 6.45) is -2.77. The standard InChI is InChI=1S/C10H14N2O5/c1-4-5(10(15)12-11)2-7(17-4)9-8(14)6(13)3-16-9/h2,6,8-9,13-14H,3,11H2,1H3,(H,12,15)/t6-,8-,9+/m1/s1. The number of hydrogen-bond donors (Lipinski definition) is 4. The Hall–Kier alpha value is -1.41. The minimum atomic E-state index is -1.06. The SMILES string of the molecule is Cc1oc([C@@H]2OC[C@@H](O)[C@H]2O)cc1C(=O)NN. The van der Waals surface area contributed by atoms with Gasteiger partial charge in [0.2, 0.25) is 0 Å². The lowest BCUT2D eigenvalue weighted by Crippen LogP contribution is -2.30. The van der Waals surface area contributed by atoms with Gasteiger partial charge in [-0.2, -0.15) is 0 Å². The number of aryl methyl sites for hydroxylation is 1. The highest BCUT2D eigenvalue weighted by Crippen LogP contribution is 2.31. The second-order valence-electron chi connectivity index (χ2n) is 3.90. The highest BCUT2D eigenvalue weighted by molar-refractivity contribution is 5.94. The van der Waals surface area contributed by atoms with Crippen LogP contribution in [0.5, 0.6) is 0 Å². The van der Waals surface area contributed by atoms with Crippen molar-refractivity contribution in [1.29, 1.82) is 0 Å². The van der Waals surface area contributed by atoms with E-state index in [2.05, 4.69) is 0 Å². The van der Waals surface area contributed by atoms with Gasteiger partial charge in [-0.05, 0) is 13.0 Å². The quantitative estimate of drug-likeness (QED) is 0.299. The number of nitrogens with two attached hydrogens (primary N) is 1. The fourth-order valence-corrected chi connectivity index (χ4v) is 1.80. The van der Waals surface area contributed by atoms with Crippen LogP contribution in [0.1, 0.15) is 28.0 Å². The summed E-state index contributed by atoms with van der Waals surface area (Å²) in [7, 11) is 0. The van der Waals surface area contributed by atoms with Gasteiger partial charge in [0.15, 0.2) is 0 Å². The Bertz CT molecular complexity index is 430. The van der Waals surface area contributed by atoms with Crippen molar-refractivity contribution in [3.8, 4) is 0 Å². The Labute approximate surface area is 97.1 Å². The summed E-state index contributed by atoms with van der Waals surface area (Å²) in [5.74, 6) is 5.21. The van der Waals surface area contributed by atoms with Gasteiger partial charge in [-0.25, -0.2) is 5.84 Å². The molecule has 17 heavy (non-hydrogen) atoms. The number of carbonyl (C=O) groups is 1. The lowest BCUT2D eigenvalue weighted by Gasteiger charge is -2.11. The monoisotopic (exact) mass is 242 g/mol. The summed E-state index contributed by atoms with van der Waals surface area (Å²) >= 11 is 0. The van der Waals surface area contributed by atoms with Crippen molar-refractivity contribution in [3.05, 3.63) is 23.2 Å². The van der Waals surface area contributed by atoms with Gasteiger partial charge in [0, 0.05) is 0 Å². The molecule has 1 saturated heterocycles. The molecule has 0 saturated carbocycles. The lowest BCUT2D eigenvalue weighted by molar-refractivity contribution is 0.0117. The second kappa shape index (κ2) is 4.46. The fourth-order valence-electron chi connectivity index (χ4n) is 1.80. The maximum Gasteiger partial charge on any atom is 0.268 e. The first-order valence-corrected chi connectivity index (χ1v) is 5.13. The van der Waals surface area contributed by atoms with Crippen LogP contribution in [0.3, 0.4) is 0 Å². The average Bonchev–Trinajstić information content (AvgIpc) is 2.83. The third kappa shape index (κ3) is 2.05. The van der Waals surface area contributed by atoms with Gasteiger partial charge in [-0.1, -0.05) is 0 Å². The number of amides is 1. The van der Waals surface area contributed by atoms with E-state index in [1.165, 1.54) is 6.07 Å². The molecular formula is C10H14N2O5. The minimum absolute atomic E-state index is 0.0317. The first kappa shape index (κ1) is 12.1. The topological polar surface area (TPSA) is 118 Å². The number of hydrazine groups is 1. The number of nitrogen functional groups attached to an aromatic ring is 1. The van der Waals surface area contributed by atoms with Gasteiger partial charge in [-0.15, -0.1) is 0 Å². The van der Waals surface area contributed by atoms with Crippen LogP contribution in [0.4, 0.5) is 0 Å². The van der Waals surface area contributed by atoms with Crippen molar-refractivity contribution in [3.63, 3.8) is 0 Å². The van der Waals surface area contributed by atoms with Gasteiger partial charge in [0.1, 0.15) is 29.8 Å². The van der Waals surface area contributed by atoms with Crippen LogP contribution in [-0.4, -0.2) is 34.9 Å². The van der Waals surface area contributed by atoms with E-state index in [1.54, 1.807) is 6.92 Å². The highest BCUT2D eigenvalue weighted by atomic mass is 16.5. The number of ether oxygens (including phenoxy) is 1. The molecule has 0 unspecified atom stereocenters. The molecule has 7 nitrogen and oxygen atoms in total. The molecule has 0 bridgehead atoms. The Kier molecular flexibility index (Phi) is 3.16. The number of aliphatic hydroxyl groups is 2. The van der Waals surface area contributed by atoms with Crippen LogP contribution in [-0.2, 0) is 4.74 Å². The van der Waals surface area contributed by atoms with E-state index in [0.717, 1.165) is 0 Å². The minimum Gasteiger partial charge on any atom is -0.463 e. The zero-order chi connectivity index (χ0) is 12.6. The Morgan fingerprint density at radius 2 is 2.29 bits per heavy atom. The molecule has 1 aliphatic heterocycles. The maximum absolute atomic E-state index is 11.4. The summed E-state index contributed by atoms with van der Waals surface area (Å²) in [6.45, 7) is 1.63. The van der Waals surface area contributed by atoms with E-state index in [4.69, 9.17) is 15.0 Å². The zero-order valence-electron chi connectivity index (χ0n) is 9.21. The third-order valence-electron chi connectivity index (χ3n) is 2.74. The van der Waals surface area contributed by atoms with Gasteiger partial charge in [0.05, 0.1) is 12.2 Å². The van der Waals surface area contributed by atoms with Crippen molar-refractivity contribution >= 4 is 5.91 Å². The number of nitrogens with one attached hydrogen (secondary N) is 1. The number of hydrogen-bond acceptors (Lipinski definition) is 6. The van der Waals surface area contributed by atoms with E-state index >= 15 is 0 Å². The van der Waals surface area contributed by atoms with Gasteiger partial charge >= 0.3 is 0 Å². The van der Waals surface area contributed by atoms with Gasteiger partial charge in [-0.3, -0.25) is 10.2 Å². The Morgan fingerprint density at radius 3 is 2.82 bits per heavy atom. The van der Waals surface area contributed by atoms with E-state index in [-0.39, 0.29) is 12.2 Å². The predicted octanol–water partition coefficient (Wildman–Crippen LogP) is -1.02. The first-order chi connectivity index (χ1) is 8.04. The number of aliphatic hydroxyl groups excluding tert-OH is 2. The Morgan fingerprint density at radius 1 is 1.59 bits per heavy atom. The van der Waals surface area contributed by atoms with Crippen LogP contribution in [0, 0.1) is 6.92 Å². The second-order valence-corrected chi connectivity index (χ2v) is 3.90. The number of furan rings is 1. The van der Waals surface area contributed by atoms with Crippen molar-refractivity contribution in [2.24, 2.45) is 5.84 Å². The summed E-state index contributed by atoms with van der Waals surface area (Å²) in [5, 5.41) is 19.0. The van der Waals surface area contributed by atoms with Crippen molar-refractivity contribution in [1.82, 2.24) is 5.43 Å². The average molecular weight is 242 g/mol. The van der Waals surface area contributed by atoms with Crippen LogP contribution in [0.2, 0.25) is 0 Å². The van der Waals surface area contributed by atoms with Crippen molar-refractivity contribution in [2.45, 2.75) is 25.2 Å². The molecule has 5 N–H and O–H groups in total. The van der Waals surface area contributed by atoms with E-state index in [1.807, 2.05) is 5.43 Å². The molecule has 1 aliphatic rings. The van der Waals surface area contributed by atoms with Crippen LogP contribution < -0.4 is 11.3 Å². The zero-order valence-corrected chi connectivity index (χ0v) is 9.21. The smallest absolute Gasteiger partial charge is 0.268 e. The van der Waals surface area contributed by atoms with Crippen molar-refractivity contribution in [2.75, 3.05) is 6.61 Å². The summed E-state index contributed by atoms with van der Waals surface area (Å²) in [5.41, 5.74) is 2.27. The van der Waals surface area contributed by atoms with E-state index in [0.29, 0.717) is 11.5 Å². The molecule has 0 spiro atoms. The Balaban J connectivity index is 2.26. The summed E-state index contributed by atoms with van der Waals surface area (Å²) in [6, 6.07) is 1.45. The molecular weight excluding hydrogens is 228 g/mol. The molecule has 1 fully saturated rings.